The highest BCUT2D eigenvalue weighted by Crippen LogP contribution is 2.10. The van der Waals surface area contributed by atoms with Crippen LogP contribution in [-0.4, -0.2) is 39.4 Å². The maximum absolute atomic E-state index is 12.6. The van der Waals surface area contributed by atoms with Crippen molar-refractivity contribution in [3.05, 3.63) is 30.1 Å². The van der Waals surface area contributed by atoms with Crippen molar-refractivity contribution in [2.75, 3.05) is 33.4 Å². The molecule has 106 valence electrons. The summed E-state index contributed by atoms with van der Waals surface area (Å²) in [5.74, 6) is 0.780. The number of methoxy groups -OCH3 is 1. The fraction of sp³-hybridized carbons (Fsp3) is 0.462. The fourth-order valence-electron chi connectivity index (χ4n) is 1.32. The van der Waals surface area contributed by atoms with E-state index in [2.05, 4.69) is 10.3 Å². The van der Waals surface area contributed by atoms with E-state index in [1.54, 1.807) is 19.2 Å². The van der Waals surface area contributed by atoms with Crippen molar-refractivity contribution in [2.24, 2.45) is 10.7 Å². The zero-order chi connectivity index (χ0) is 13.9. The topological polar surface area (TPSA) is 68.9 Å². The lowest BCUT2D eigenvalue weighted by molar-refractivity contribution is 0.204. The minimum absolute atomic E-state index is 0.271. The number of nitrogens with zero attached hydrogens (tertiary/aromatic N) is 1. The lowest BCUT2D eigenvalue weighted by atomic mass is 10.3. The monoisotopic (exact) mass is 269 g/mol. The average molecular weight is 269 g/mol. The Hall–Kier alpha value is -1.82. The Morgan fingerprint density at radius 1 is 1.32 bits per heavy atom. The van der Waals surface area contributed by atoms with Crippen molar-refractivity contribution >= 4 is 5.96 Å². The van der Waals surface area contributed by atoms with Gasteiger partial charge in [0.2, 0.25) is 0 Å². The molecule has 0 aliphatic carbocycles. The molecule has 0 saturated carbocycles. The van der Waals surface area contributed by atoms with E-state index < -0.39 is 0 Å². The normalized spacial score (nSPS) is 11.4. The van der Waals surface area contributed by atoms with Gasteiger partial charge in [0.05, 0.1) is 13.2 Å². The van der Waals surface area contributed by atoms with Crippen LogP contribution < -0.4 is 15.8 Å². The molecule has 0 radical (unpaired) electrons. The van der Waals surface area contributed by atoms with E-state index in [-0.39, 0.29) is 5.82 Å². The van der Waals surface area contributed by atoms with Gasteiger partial charge >= 0.3 is 0 Å². The number of hydrogen-bond donors (Lipinski definition) is 2. The Morgan fingerprint density at radius 2 is 2.05 bits per heavy atom. The van der Waals surface area contributed by atoms with Gasteiger partial charge in [-0.1, -0.05) is 0 Å². The Balaban J connectivity index is 2.10. The van der Waals surface area contributed by atoms with Crippen LogP contribution in [0.1, 0.15) is 6.42 Å². The molecule has 1 aromatic carbocycles. The number of ether oxygens (including phenoxy) is 2. The van der Waals surface area contributed by atoms with Gasteiger partial charge in [0, 0.05) is 26.6 Å². The second-order valence-corrected chi connectivity index (χ2v) is 3.84. The molecule has 0 amide bonds. The van der Waals surface area contributed by atoms with Crippen molar-refractivity contribution in [3.63, 3.8) is 0 Å². The number of rotatable bonds is 8. The Morgan fingerprint density at radius 3 is 2.74 bits per heavy atom. The summed E-state index contributed by atoms with van der Waals surface area (Å²) >= 11 is 0. The number of nitrogens with one attached hydrogen (secondary N) is 1. The van der Waals surface area contributed by atoms with Gasteiger partial charge in [-0.05, 0) is 24.3 Å². The molecule has 1 rings (SSSR count). The second kappa shape index (κ2) is 9.16. The molecule has 0 aromatic heterocycles. The molecule has 19 heavy (non-hydrogen) atoms. The summed E-state index contributed by atoms with van der Waals surface area (Å²) in [6.07, 6.45) is 0.740. The summed E-state index contributed by atoms with van der Waals surface area (Å²) in [6, 6.07) is 5.93. The van der Waals surface area contributed by atoms with Gasteiger partial charge in [-0.2, -0.15) is 0 Å². The van der Waals surface area contributed by atoms with Crippen molar-refractivity contribution < 1.29 is 13.9 Å². The van der Waals surface area contributed by atoms with Gasteiger partial charge in [-0.15, -0.1) is 0 Å². The van der Waals surface area contributed by atoms with Gasteiger partial charge in [-0.25, -0.2) is 4.39 Å². The lowest BCUT2D eigenvalue weighted by Crippen LogP contribution is -2.34. The van der Waals surface area contributed by atoms with Crippen LogP contribution in [0.25, 0.3) is 0 Å². The molecule has 0 bridgehead atoms. The van der Waals surface area contributed by atoms with Crippen LogP contribution in [0.2, 0.25) is 0 Å². The third-order valence-electron chi connectivity index (χ3n) is 2.28. The number of hydrogen-bond acceptors (Lipinski definition) is 3. The van der Waals surface area contributed by atoms with E-state index in [1.807, 2.05) is 0 Å². The molecule has 0 atom stereocenters. The molecule has 5 nitrogen and oxygen atoms in total. The smallest absolute Gasteiger partial charge is 0.188 e. The van der Waals surface area contributed by atoms with E-state index in [1.165, 1.54) is 12.1 Å². The molecule has 0 saturated heterocycles. The van der Waals surface area contributed by atoms with Gasteiger partial charge in [0.25, 0.3) is 0 Å². The molecule has 6 heteroatoms. The van der Waals surface area contributed by atoms with Crippen molar-refractivity contribution in [1.29, 1.82) is 0 Å². The van der Waals surface area contributed by atoms with Crippen LogP contribution in [0.5, 0.6) is 5.75 Å². The Labute approximate surface area is 112 Å². The fourth-order valence-corrected chi connectivity index (χ4v) is 1.32. The maximum atomic E-state index is 12.6. The third-order valence-corrected chi connectivity index (χ3v) is 2.28. The van der Waals surface area contributed by atoms with E-state index in [4.69, 9.17) is 15.2 Å². The van der Waals surface area contributed by atoms with Crippen molar-refractivity contribution in [3.8, 4) is 5.75 Å². The summed E-state index contributed by atoms with van der Waals surface area (Å²) < 4.78 is 22.9. The first-order valence-corrected chi connectivity index (χ1v) is 6.13. The standard InChI is InChI=1S/C13H20FN3O2/c1-18-10-8-17-13(15)16-7-2-9-19-12-5-3-11(14)4-6-12/h3-6H,2,7-10H2,1H3,(H3,15,16,17). The zero-order valence-corrected chi connectivity index (χ0v) is 11.1. The van der Waals surface area contributed by atoms with Crippen LogP contribution in [0.15, 0.2) is 29.3 Å². The SMILES string of the molecule is COCCNC(N)=NCCCOc1ccc(F)cc1. The largest absolute Gasteiger partial charge is 0.494 e. The van der Waals surface area contributed by atoms with Crippen LogP contribution >= 0.6 is 0 Å². The molecule has 0 fully saturated rings. The lowest BCUT2D eigenvalue weighted by Gasteiger charge is -2.06. The van der Waals surface area contributed by atoms with E-state index in [0.717, 1.165) is 6.42 Å². The minimum Gasteiger partial charge on any atom is -0.494 e. The number of benzene rings is 1. The number of halogens is 1. The van der Waals surface area contributed by atoms with E-state index in [9.17, 15) is 4.39 Å². The minimum atomic E-state index is -0.271. The molecule has 1 aromatic rings. The molecule has 0 aliphatic rings. The molecule has 0 unspecified atom stereocenters. The van der Waals surface area contributed by atoms with Crippen molar-refractivity contribution in [2.45, 2.75) is 6.42 Å². The number of aliphatic imine (C=N–C) groups is 1. The van der Waals surface area contributed by atoms with Crippen LogP contribution in [0, 0.1) is 5.82 Å². The van der Waals surface area contributed by atoms with Gasteiger partial charge in [0.15, 0.2) is 5.96 Å². The predicted molar refractivity (Wildman–Crippen MR) is 72.9 cm³/mol. The quantitative estimate of drug-likeness (QED) is 0.422. The first-order valence-electron chi connectivity index (χ1n) is 6.13. The summed E-state index contributed by atoms with van der Waals surface area (Å²) in [7, 11) is 1.63. The highest BCUT2D eigenvalue weighted by atomic mass is 19.1. The predicted octanol–water partition coefficient (Wildman–Crippen LogP) is 1.15. The van der Waals surface area contributed by atoms with Crippen LogP contribution in [0.3, 0.4) is 0 Å². The van der Waals surface area contributed by atoms with E-state index in [0.29, 0.717) is 38.0 Å². The summed E-state index contributed by atoms with van der Waals surface area (Å²) in [5.41, 5.74) is 5.63. The molecule has 0 heterocycles. The van der Waals surface area contributed by atoms with Crippen LogP contribution in [-0.2, 0) is 4.74 Å². The van der Waals surface area contributed by atoms with Crippen molar-refractivity contribution in [1.82, 2.24) is 5.32 Å². The first-order chi connectivity index (χ1) is 9.22. The highest BCUT2D eigenvalue weighted by molar-refractivity contribution is 5.77. The molecular weight excluding hydrogens is 249 g/mol. The van der Waals surface area contributed by atoms with E-state index >= 15 is 0 Å². The second-order valence-electron chi connectivity index (χ2n) is 3.84. The summed E-state index contributed by atoms with van der Waals surface area (Å²) in [5, 5.41) is 2.92. The molecule has 3 N–H and O–H groups in total. The first kappa shape index (κ1) is 15.2. The third kappa shape index (κ3) is 7.25. The maximum Gasteiger partial charge on any atom is 0.188 e. The highest BCUT2D eigenvalue weighted by Gasteiger charge is 1.95. The number of guanidine groups is 1. The van der Waals surface area contributed by atoms with Gasteiger partial charge in [0.1, 0.15) is 11.6 Å². The summed E-state index contributed by atoms with van der Waals surface area (Å²) in [6.45, 7) is 2.31. The van der Waals surface area contributed by atoms with Gasteiger partial charge < -0.3 is 20.5 Å². The molecule has 0 aliphatic heterocycles. The molecule has 0 spiro atoms. The Bertz CT molecular complexity index is 382. The Kier molecular flexibility index (Phi) is 7.34. The zero-order valence-electron chi connectivity index (χ0n) is 11.1. The summed E-state index contributed by atoms with van der Waals surface area (Å²) in [4.78, 5) is 4.13. The molecular formula is C13H20FN3O2. The number of nitrogens with two attached hydrogens (primary N) is 1. The average Bonchev–Trinajstić information content (AvgIpc) is 2.41. The van der Waals surface area contributed by atoms with Crippen LogP contribution in [0.4, 0.5) is 4.39 Å². The van der Waals surface area contributed by atoms with Gasteiger partial charge in [-0.3, -0.25) is 4.99 Å².